The maximum atomic E-state index is 11.4. The van der Waals surface area contributed by atoms with E-state index in [4.69, 9.17) is 14.2 Å². The molecule has 1 aliphatic rings. The molecular weight excluding hydrogens is 208 g/mol. The summed E-state index contributed by atoms with van der Waals surface area (Å²) in [6, 6.07) is 0. The van der Waals surface area contributed by atoms with Crippen molar-refractivity contribution in [2.24, 2.45) is 0 Å². The molecule has 0 saturated carbocycles. The van der Waals surface area contributed by atoms with E-state index in [9.17, 15) is 4.79 Å². The van der Waals surface area contributed by atoms with Crippen molar-refractivity contribution in [3.05, 3.63) is 12.2 Å². The van der Waals surface area contributed by atoms with E-state index in [1.165, 1.54) is 6.08 Å². The van der Waals surface area contributed by atoms with Crippen LogP contribution in [0.5, 0.6) is 0 Å². The van der Waals surface area contributed by atoms with E-state index in [-0.39, 0.29) is 12.1 Å². The van der Waals surface area contributed by atoms with Crippen molar-refractivity contribution in [3.8, 4) is 0 Å². The first-order valence-electron chi connectivity index (χ1n) is 5.41. The average molecular weight is 228 g/mol. The number of hydrogen-bond donors (Lipinski definition) is 0. The van der Waals surface area contributed by atoms with Crippen LogP contribution in [0.25, 0.3) is 0 Å². The van der Waals surface area contributed by atoms with Gasteiger partial charge in [0, 0.05) is 6.08 Å². The summed E-state index contributed by atoms with van der Waals surface area (Å²) in [5.74, 6) is -0.927. The molecule has 16 heavy (non-hydrogen) atoms. The monoisotopic (exact) mass is 228 g/mol. The topological polar surface area (TPSA) is 44.8 Å². The van der Waals surface area contributed by atoms with Gasteiger partial charge in [0.05, 0.1) is 6.61 Å². The minimum Gasteiger partial charge on any atom is -0.457 e. The summed E-state index contributed by atoms with van der Waals surface area (Å²) in [5, 5.41) is 0. The Morgan fingerprint density at radius 1 is 1.44 bits per heavy atom. The van der Waals surface area contributed by atoms with Crippen LogP contribution in [0.15, 0.2) is 12.2 Å². The van der Waals surface area contributed by atoms with Crippen LogP contribution in [-0.2, 0) is 19.0 Å². The third-order valence-electron chi connectivity index (χ3n) is 1.88. The van der Waals surface area contributed by atoms with Gasteiger partial charge in [-0.05, 0) is 40.7 Å². The van der Waals surface area contributed by atoms with Crippen molar-refractivity contribution in [1.29, 1.82) is 0 Å². The van der Waals surface area contributed by atoms with Gasteiger partial charge in [0.1, 0.15) is 11.7 Å². The van der Waals surface area contributed by atoms with E-state index >= 15 is 0 Å². The second-order valence-corrected chi connectivity index (χ2v) is 5.26. The molecule has 1 saturated heterocycles. The number of hydrogen-bond acceptors (Lipinski definition) is 4. The molecule has 4 heteroatoms. The highest BCUT2D eigenvalue weighted by Crippen LogP contribution is 2.22. The van der Waals surface area contributed by atoms with Gasteiger partial charge in [0.25, 0.3) is 0 Å². The second-order valence-electron chi connectivity index (χ2n) is 5.26. The number of carbonyl (C=O) groups excluding carboxylic acids is 1. The lowest BCUT2D eigenvalue weighted by Gasteiger charge is -2.18. The first-order chi connectivity index (χ1) is 7.18. The highest BCUT2D eigenvalue weighted by atomic mass is 16.7. The zero-order chi connectivity index (χ0) is 12.4. The summed E-state index contributed by atoms with van der Waals surface area (Å²) in [4.78, 5) is 11.4. The quantitative estimate of drug-likeness (QED) is 0.536. The van der Waals surface area contributed by atoms with Gasteiger partial charge in [0.15, 0.2) is 5.79 Å². The molecule has 0 bridgehead atoms. The van der Waals surface area contributed by atoms with Gasteiger partial charge in [-0.15, -0.1) is 0 Å². The maximum Gasteiger partial charge on any atom is 0.331 e. The number of carbonyl (C=O) groups is 1. The first kappa shape index (κ1) is 13.2. The predicted octanol–water partition coefficient (Wildman–Crippen LogP) is 2.04. The van der Waals surface area contributed by atoms with Gasteiger partial charge >= 0.3 is 5.97 Å². The molecule has 1 rings (SSSR count). The summed E-state index contributed by atoms with van der Waals surface area (Å²) < 4.78 is 16.0. The SMILES string of the molecule is CC(C)(C)OC(=O)/C=C/[C@H]1COC(C)(C)O1. The lowest BCUT2D eigenvalue weighted by atomic mass is 10.2. The average Bonchev–Trinajstić information content (AvgIpc) is 2.39. The van der Waals surface area contributed by atoms with Crippen molar-refractivity contribution in [2.45, 2.75) is 52.1 Å². The molecule has 0 spiro atoms. The molecule has 92 valence electrons. The summed E-state index contributed by atoms with van der Waals surface area (Å²) in [5.41, 5.74) is -0.465. The van der Waals surface area contributed by atoms with Crippen LogP contribution < -0.4 is 0 Å². The summed E-state index contributed by atoms with van der Waals surface area (Å²) in [6.45, 7) is 9.64. The molecule has 0 aromatic carbocycles. The van der Waals surface area contributed by atoms with Crippen molar-refractivity contribution in [3.63, 3.8) is 0 Å². The van der Waals surface area contributed by atoms with Gasteiger partial charge in [-0.2, -0.15) is 0 Å². The van der Waals surface area contributed by atoms with Gasteiger partial charge in [0.2, 0.25) is 0 Å². The van der Waals surface area contributed by atoms with Gasteiger partial charge in [-0.3, -0.25) is 0 Å². The molecule has 4 nitrogen and oxygen atoms in total. The summed E-state index contributed by atoms with van der Waals surface area (Å²) in [7, 11) is 0. The Morgan fingerprint density at radius 3 is 2.50 bits per heavy atom. The zero-order valence-electron chi connectivity index (χ0n) is 10.6. The van der Waals surface area contributed by atoms with Crippen molar-refractivity contribution < 1.29 is 19.0 Å². The second kappa shape index (κ2) is 4.55. The largest absolute Gasteiger partial charge is 0.457 e. The molecule has 1 aliphatic heterocycles. The molecule has 1 atom stereocenters. The Kier molecular flexibility index (Phi) is 3.76. The standard InChI is InChI=1S/C12H20O4/c1-11(2,3)16-10(13)7-6-9-8-14-12(4,5)15-9/h6-7,9H,8H2,1-5H3/b7-6+/t9-/m0/s1. The molecular formula is C12H20O4. The fourth-order valence-corrected chi connectivity index (χ4v) is 1.33. The van der Waals surface area contributed by atoms with E-state index in [1.807, 2.05) is 34.6 Å². The van der Waals surface area contributed by atoms with E-state index in [2.05, 4.69) is 0 Å². The minimum absolute atomic E-state index is 0.178. The van der Waals surface area contributed by atoms with Crippen molar-refractivity contribution >= 4 is 5.97 Å². The fraction of sp³-hybridized carbons (Fsp3) is 0.750. The van der Waals surface area contributed by atoms with Crippen LogP contribution in [0.3, 0.4) is 0 Å². The Balaban J connectivity index is 2.41. The Morgan fingerprint density at radius 2 is 2.06 bits per heavy atom. The number of rotatable bonds is 2. The first-order valence-corrected chi connectivity index (χ1v) is 5.41. The van der Waals surface area contributed by atoms with Crippen LogP contribution in [0.2, 0.25) is 0 Å². The third kappa shape index (κ3) is 4.77. The maximum absolute atomic E-state index is 11.4. The van der Waals surface area contributed by atoms with Gasteiger partial charge in [-0.25, -0.2) is 4.79 Å². The van der Waals surface area contributed by atoms with Crippen LogP contribution in [0.4, 0.5) is 0 Å². The molecule has 0 amide bonds. The van der Waals surface area contributed by atoms with Crippen LogP contribution in [0, 0.1) is 0 Å². The van der Waals surface area contributed by atoms with Gasteiger partial charge in [-0.1, -0.05) is 0 Å². The number of ether oxygens (including phenoxy) is 3. The summed E-state index contributed by atoms with van der Waals surface area (Å²) in [6.07, 6.45) is 2.88. The van der Waals surface area contributed by atoms with E-state index in [0.29, 0.717) is 6.61 Å². The fourth-order valence-electron chi connectivity index (χ4n) is 1.33. The zero-order valence-corrected chi connectivity index (χ0v) is 10.6. The molecule has 0 radical (unpaired) electrons. The molecule has 0 aliphatic carbocycles. The van der Waals surface area contributed by atoms with Crippen molar-refractivity contribution in [1.82, 2.24) is 0 Å². The lowest BCUT2D eigenvalue weighted by Crippen LogP contribution is -2.23. The Labute approximate surface area is 96.6 Å². The molecule has 0 unspecified atom stereocenters. The lowest BCUT2D eigenvalue weighted by molar-refractivity contribution is -0.148. The van der Waals surface area contributed by atoms with E-state index in [1.54, 1.807) is 6.08 Å². The Bertz CT molecular complexity index is 286. The van der Waals surface area contributed by atoms with Gasteiger partial charge < -0.3 is 14.2 Å². The van der Waals surface area contributed by atoms with Crippen LogP contribution in [0.1, 0.15) is 34.6 Å². The number of esters is 1. The predicted molar refractivity (Wildman–Crippen MR) is 59.9 cm³/mol. The molecule has 1 fully saturated rings. The molecule has 0 aromatic heterocycles. The van der Waals surface area contributed by atoms with Crippen LogP contribution >= 0.6 is 0 Å². The smallest absolute Gasteiger partial charge is 0.331 e. The molecule has 0 aromatic rings. The van der Waals surface area contributed by atoms with Crippen molar-refractivity contribution in [2.75, 3.05) is 6.61 Å². The summed E-state index contributed by atoms with van der Waals surface area (Å²) >= 11 is 0. The third-order valence-corrected chi connectivity index (χ3v) is 1.88. The minimum atomic E-state index is -0.567. The Hall–Kier alpha value is -0.870. The highest BCUT2D eigenvalue weighted by Gasteiger charge is 2.31. The molecule has 1 heterocycles. The van der Waals surface area contributed by atoms with E-state index < -0.39 is 11.4 Å². The normalized spacial score (nSPS) is 24.9. The van der Waals surface area contributed by atoms with E-state index in [0.717, 1.165) is 0 Å². The van der Waals surface area contributed by atoms with Crippen LogP contribution in [-0.4, -0.2) is 30.1 Å². The highest BCUT2D eigenvalue weighted by molar-refractivity contribution is 5.82. The molecule has 0 N–H and O–H groups in total.